The molecule has 0 fully saturated rings. The van der Waals surface area contributed by atoms with Crippen molar-refractivity contribution in [3.8, 4) is 17.2 Å². The minimum atomic E-state index is -2.63. The quantitative estimate of drug-likeness (QED) is 0.426. The normalized spacial score (nSPS) is 10.9. The molecular formula is C20H16N6O2S. The molecule has 0 bridgehead atoms. The van der Waals surface area contributed by atoms with E-state index in [0.29, 0.717) is 22.8 Å². The van der Waals surface area contributed by atoms with Gasteiger partial charge in [0.1, 0.15) is 6.07 Å². The number of nitrogens with zero attached hydrogens (tertiary/aromatic N) is 4. The van der Waals surface area contributed by atoms with Gasteiger partial charge in [-0.15, -0.1) is 5.10 Å². The monoisotopic (exact) mass is 404 g/mol. The predicted octanol–water partition coefficient (Wildman–Crippen LogP) is 2.63. The van der Waals surface area contributed by atoms with Crippen molar-refractivity contribution in [2.45, 2.75) is 6.54 Å². The molecule has 0 saturated carbocycles. The van der Waals surface area contributed by atoms with Crippen molar-refractivity contribution in [2.24, 2.45) is 0 Å². The lowest BCUT2D eigenvalue weighted by Crippen LogP contribution is -2.10. The van der Waals surface area contributed by atoms with Crippen LogP contribution in [0.3, 0.4) is 0 Å². The number of benzene rings is 2. The van der Waals surface area contributed by atoms with Crippen LogP contribution in [0.15, 0.2) is 66.9 Å². The van der Waals surface area contributed by atoms with Gasteiger partial charge in [0.05, 0.1) is 11.3 Å². The largest absolute Gasteiger partial charge is 0.322 e. The Morgan fingerprint density at radius 1 is 1.03 bits per heavy atom. The fourth-order valence-corrected chi connectivity index (χ4v) is 3.25. The second kappa shape index (κ2) is 8.10. The van der Waals surface area contributed by atoms with Crippen LogP contribution in [0.1, 0.15) is 11.1 Å². The Morgan fingerprint density at radius 2 is 1.90 bits per heavy atom. The smallest absolute Gasteiger partial charge is 0.247 e. The highest BCUT2D eigenvalue weighted by Crippen LogP contribution is 2.23. The highest BCUT2D eigenvalue weighted by Gasteiger charge is 2.08. The number of hydrogen-bond acceptors (Lipinski definition) is 6. The maximum absolute atomic E-state index is 10.7. The number of thiol groups is 1. The van der Waals surface area contributed by atoms with Crippen molar-refractivity contribution in [1.29, 1.82) is 5.26 Å². The first-order valence-corrected chi connectivity index (χ1v) is 9.90. The second-order valence-corrected chi connectivity index (χ2v) is 7.06. The number of aromatic nitrogens is 3. The van der Waals surface area contributed by atoms with Crippen LogP contribution in [-0.4, -0.2) is 23.0 Å². The molecule has 4 aromatic rings. The van der Waals surface area contributed by atoms with E-state index in [4.69, 9.17) is 0 Å². The topological polar surface area (TPSA) is 112 Å². The van der Waals surface area contributed by atoms with E-state index in [2.05, 4.69) is 26.2 Å². The molecule has 2 aromatic heterocycles. The summed E-state index contributed by atoms with van der Waals surface area (Å²) < 4.78 is 25.5. The molecule has 0 atom stereocenters. The molecule has 0 saturated heterocycles. The van der Waals surface area contributed by atoms with Crippen LogP contribution in [-0.2, 0) is 17.4 Å². The van der Waals surface area contributed by atoms with Gasteiger partial charge in [0, 0.05) is 18.3 Å². The van der Waals surface area contributed by atoms with E-state index >= 15 is 0 Å². The Kier molecular flexibility index (Phi) is 5.20. The zero-order chi connectivity index (χ0) is 20.2. The van der Waals surface area contributed by atoms with Gasteiger partial charge in [0.2, 0.25) is 16.8 Å². The van der Waals surface area contributed by atoms with Gasteiger partial charge in [-0.3, -0.25) is 0 Å². The Labute approximate surface area is 168 Å². The Bertz CT molecular complexity index is 1300. The van der Waals surface area contributed by atoms with Crippen LogP contribution >= 0.6 is 0 Å². The van der Waals surface area contributed by atoms with E-state index < -0.39 is 10.9 Å². The summed E-state index contributed by atoms with van der Waals surface area (Å²) in [4.78, 5) is 4.44. The number of nitriles is 1. The van der Waals surface area contributed by atoms with Crippen LogP contribution in [0.4, 0.5) is 11.6 Å². The third kappa shape index (κ3) is 4.24. The Morgan fingerprint density at radius 3 is 2.72 bits per heavy atom. The Balaban J connectivity index is 1.62. The van der Waals surface area contributed by atoms with Gasteiger partial charge in [-0.05, 0) is 41.5 Å². The van der Waals surface area contributed by atoms with Crippen LogP contribution in [0.25, 0.3) is 16.8 Å². The molecular weight excluding hydrogens is 388 g/mol. The number of anilines is 2. The molecule has 9 heteroatoms. The van der Waals surface area contributed by atoms with Crippen molar-refractivity contribution < 1.29 is 8.42 Å². The molecule has 0 amide bonds. The van der Waals surface area contributed by atoms with Gasteiger partial charge >= 0.3 is 0 Å². The van der Waals surface area contributed by atoms with E-state index in [-0.39, 0.29) is 6.54 Å². The lowest BCUT2D eigenvalue weighted by atomic mass is 10.0. The first kappa shape index (κ1) is 18.6. The van der Waals surface area contributed by atoms with Gasteiger partial charge in [-0.2, -0.15) is 10.2 Å². The average molecular weight is 404 g/mol. The summed E-state index contributed by atoms with van der Waals surface area (Å²) in [5, 5.41) is 16.7. The lowest BCUT2D eigenvalue weighted by Gasteiger charge is -2.05. The SMILES string of the molecule is N#Cc1ccccc1Nc1nc2ccc(-c3cccc(CN[SH](=O)=O)c3)cn2n1. The molecule has 4 rings (SSSR count). The lowest BCUT2D eigenvalue weighted by molar-refractivity contribution is 0.601. The standard InChI is InChI=1S/C20H16N6O2S/c21-11-16-5-1-2-7-18(16)23-20-24-19-9-8-17(13-26(19)25-20)15-6-3-4-14(10-15)12-22-29(27)28/h1-10,13,29H,12H2,(H,23,25)(H,22,27,28). The molecule has 29 heavy (non-hydrogen) atoms. The summed E-state index contributed by atoms with van der Waals surface area (Å²) in [7, 11) is -2.63. The van der Waals surface area contributed by atoms with Gasteiger partial charge in [0.15, 0.2) is 5.65 Å². The summed E-state index contributed by atoms with van der Waals surface area (Å²) in [6, 6.07) is 20.7. The minimum Gasteiger partial charge on any atom is -0.322 e. The van der Waals surface area contributed by atoms with Gasteiger partial charge in [-0.1, -0.05) is 30.3 Å². The summed E-state index contributed by atoms with van der Waals surface area (Å²) in [5.41, 5.74) is 4.52. The van der Waals surface area contributed by atoms with Crippen LogP contribution in [0.2, 0.25) is 0 Å². The van der Waals surface area contributed by atoms with E-state index in [1.165, 1.54) is 0 Å². The van der Waals surface area contributed by atoms with E-state index in [1.807, 2.05) is 48.7 Å². The molecule has 0 aliphatic rings. The average Bonchev–Trinajstić information content (AvgIpc) is 3.14. The summed E-state index contributed by atoms with van der Waals surface area (Å²) >= 11 is 0. The molecule has 8 nitrogen and oxygen atoms in total. The molecule has 0 aliphatic heterocycles. The molecule has 144 valence electrons. The maximum atomic E-state index is 10.7. The van der Waals surface area contributed by atoms with E-state index in [9.17, 15) is 13.7 Å². The van der Waals surface area contributed by atoms with Gasteiger partial charge < -0.3 is 5.32 Å². The number of hydrogen-bond donors (Lipinski definition) is 3. The molecule has 2 aromatic carbocycles. The molecule has 2 heterocycles. The number of fused-ring (bicyclic) bond motifs is 1. The fourth-order valence-electron chi connectivity index (χ4n) is 2.93. The van der Waals surface area contributed by atoms with Crippen molar-refractivity contribution in [1.82, 2.24) is 19.3 Å². The van der Waals surface area contributed by atoms with Crippen molar-refractivity contribution >= 4 is 28.2 Å². The van der Waals surface area contributed by atoms with Crippen molar-refractivity contribution in [3.63, 3.8) is 0 Å². The number of para-hydroxylation sites is 1. The zero-order valence-electron chi connectivity index (χ0n) is 15.1. The molecule has 2 N–H and O–H groups in total. The fraction of sp³-hybridized carbons (Fsp3) is 0.0500. The maximum Gasteiger partial charge on any atom is 0.247 e. The molecule has 0 unspecified atom stereocenters. The highest BCUT2D eigenvalue weighted by molar-refractivity contribution is 7.70. The number of pyridine rings is 1. The van der Waals surface area contributed by atoms with Gasteiger partial charge in [-0.25, -0.2) is 17.7 Å². The molecule has 0 spiro atoms. The highest BCUT2D eigenvalue weighted by atomic mass is 32.2. The van der Waals surface area contributed by atoms with Crippen molar-refractivity contribution in [2.75, 3.05) is 5.32 Å². The second-order valence-electron chi connectivity index (χ2n) is 6.23. The van der Waals surface area contributed by atoms with Crippen LogP contribution < -0.4 is 10.0 Å². The van der Waals surface area contributed by atoms with E-state index in [0.717, 1.165) is 16.7 Å². The summed E-state index contributed by atoms with van der Waals surface area (Å²) in [6.45, 7) is 0.241. The number of rotatable bonds is 6. The van der Waals surface area contributed by atoms with Crippen molar-refractivity contribution in [3.05, 3.63) is 78.0 Å². The molecule has 0 aliphatic carbocycles. The summed E-state index contributed by atoms with van der Waals surface area (Å²) in [6.07, 6.45) is 1.85. The predicted molar refractivity (Wildman–Crippen MR) is 110 cm³/mol. The first-order valence-electron chi connectivity index (χ1n) is 8.72. The third-order valence-corrected chi connectivity index (χ3v) is 4.71. The first-order chi connectivity index (χ1) is 14.1. The zero-order valence-corrected chi connectivity index (χ0v) is 16.0. The molecule has 0 radical (unpaired) electrons. The van der Waals surface area contributed by atoms with Gasteiger partial charge in [0.25, 0.3) is 0 Å². The van der Waals surface area contributed by atoms with E-state index in [1.54, 1.807) is 22.7 Å². The van der Waals surface area contributed by atoms with Crippen LogP contribution in [0, 0.1) is 11.3 Å². The Hall–Kier alpha value is -3.74. The number of nitrogens with one attached hydrogen (secondary N) is 2. The minimum absolute atomic E-state index is 0.241. The third-order valence-electron chi connectivity index (χ3n) is 4.30. The summed E-state index contributed by atoms with van der Waals surface area (Å²) in [5.74, 6) is 0.391. The van der Waals surface area contributed by atoms with Crippen LogP contribution in [0.5, 0.6) is 0 Å².